The van der Waals surface area contributed by atoms with Crippen LogP contribution in [-0.2, 0) is 14.3 Å². The van der Waals surface area contributed by atoms with Crippen LogP contribution < -0.4 is 0 Å². The van der Waals surface area contributed by atoms with E-state index in [1.54, 1.807) is 0 Å². The Kier molecular flexibility index (Phi) is 3.34. The molecule has 1 aromatic carbocycles. The second-order valence-corrected chi connectivity index (χ2v) is 4.08. The van der Waals surface area contributed by atoms with Crippen LogP contribution in [0.2, 0.25) is 0 Å². The lowest BCUT2D eigenvalue weighted by Crippen LogP contribution is -2.28. The van der Waals surface area contributed by atoms with E-state index in [9.17, 15) is 13.6 Å². The number of carbonyl (C=O) groups excluding carboxylic acids is 1. The molecule has 0 amide bonds. The average molecular weight is 232 g/mol. The molecule has 0 saturated heterocycles. The molecular weight excluding hydrogens is 222 g/mol. The average Bonchev–Trinajstić information content (AvgIpc) is 2.15. The zero-order chi connectivity index (χ0) is 11.6. The molecule has 1 aromatic rings. The molecule has 0 aliphatic heterocycles. The highest BCUT2D eigenvalue weighted by atomic mass is 32.1. The van der Waals surface area contributed by atoms with Gasteiger partial charge in [0.15, 0.2) is 0 Å². The van der Waals surface area contributed by atoms with Crippen LogP contribution in [0.4, 0.5) is 8.78 Å². The Labute approximate surface area is 91.7 Å². The zero-order valence-electron chi connectivity index (χ0n) is 8.25. The molecule has 0 spiro atoms. The van der Waals surface area contributed by atoms with Crippen molar-refractivity contribution in [1.29, 1.82) is 0 Å². The Morgan fingerprint density at radius 1 is 1.47 bits per heavy atom. The van der Waals surface area contributed by atoms with Crippen molar-refractivity contribution in [2.45, 2.75) is 11.7 Å². The summed E-state index contributed by atoms with van der Waals surface area (Å²) in [6.45, 7) is 1.39. The molecular formula is C10H10F2O2S. The van der Waals surface area contributed by atoms with Crippen LogP contribution in [0.3, 0.4) is 0 Å². The molecule has 0 bridgehead atoms. The largest absolute Gasteiger partial charge is 0.468 e. The van der Waals surface area contributed by atoms with Crippen molar-refractivity contribution < 1.29 is 18.3 Å². The molecule has 0 N–H and O–H groups in total. The number of carbonyl (C=O) groups is 1. The maximum atomic E-state index is 13.3. The van der Waals surface area contributed by atoms with Crippen molar-refractivity contribution in [3.05, 3.63) is 35.4 Å². The van der Waals surface area contributed by atoms with Crippen molar-refractivity contribution in [3.63, 3.8) is 0 Å². The topological polar surface area (TPSA) is 26.3 Å². The van der Waals surface area contributed by atoms with Gasteiger partial charge in [-0.3, -0.25) is 4.79 Å². The number of rotatable bonds is 2. The van der Waals surface area contributed by atoms with Gasteiger partial charge in [-0.25, -0.2) is 8.78 Å². The van der Waals surface area contributed by atoms with Crippen molar-refractivity contribution in [3.8, 4) is 0 Å². The quantitative estimate of drug-likeness (QED) is 0.625. The molecule has 0 saturated carbocycles. The van der Waals surface area contributed by atoms with Gasteiger partial charge in [0.25, 0.3) is 0 Å². The minimum absolute atomic E-state index is 0.0147. The van der Waals surface area contributed by atoms with Crippen molar-refractivity contribution in [2.75, 3.05) is 7.11 Å². The Hall–Kier alpha value is -1.10. The molecule has 5 heteroatoms. The smallest absolute Gasteiger partial charge is 0.326 e. The number of esters is 1. The van der Waals surface area contributed by atoms with Crippen LogP contribution in [0.15, 0.2) is 18.2 Å². The van der Waals surface area contributed by atoms with Gasteiger partial charge < -0.3 is 4.74 Å². The van der Waals surface area contributed by atoms with E-state index in [0.717, 1.165) is 6.07 Å². The summed E-state index contributed by atoms with van der Waals surface area (Å²) in [7, 11) is 1.18. The van der Waals surface area contributed by atoms with E-state index in [1.807, 2.05) is 0 Å². The first-order valence-corrected chi connectivity index (χ1v) is 4.60. The van der Waals surface area contributed by atoms with Crippen LogP contribution >= 0.6 is 12.6 Å². The highest BCUT2D eigenvalue weighted by Crippen LogP contribution is 2.31. The van der Waals surface area contributed by atoms with Gasteiger partial charge in [0, 0.05) is 11.6 Å². The van der Waals surface area contributed by atoms with Gasteiger partial charge in [-0.2, -0.15) is 12.6 Å². The molecule has 15 heavy (non-hydrogen) atoms. The minimum Gasteiger partial charge on any atom is -0.468 e. The second-order valence-electron chi connectivity index (χ2n) is 3.19. The molecule has 0 aliphatic carbocycles. The van der Waals surface area contributed by atoms with Gasteiger partial charge in [0.05, 0.1) is 7.11 Å². The molecule has 0 fully saturated rings. The number of methoxy groups -OCH3 is 1. The van der Waals surface area contributed by atoms with Gasteiger partial charge >= 0.3 is 5.97 Å². The summed E-state index contributed by atoms with van der Waals surface area (Å²) in [6, 6.07) is 2.94. The van der Waals surface area contributed by atoms with Crippen LogP contribution in [0.5, 0.6) is 0 Å². The zero-order valence-corrected chi connectivity index (χ0v) is 9.15. The Morgan fingerprint density at radius 2 is 2.07 bits per heavy atom. The number of halogens is 2. The highest BCUT2D eigenvalue weighted by molar-refractivity contribution is 7.82. The summed E-state index contributed by atoms with van der Waals surface area (Å²) in [5.41, 5.74) is -0.0147. The van der Waals surface area contributed by atoms with E-state index in [1.165, 1.54) is 20.1 Å². The van der Waals surface area contributed by atoms with Crippen molar-refractivity contribution >= 4 is 18.6 Å². The number of hydrogen-bond acceptors (Lipinski definition) is 3. The van der Waals surface area contributed by atoms with Gasteiger partial charge in [0.1, 0.15) is 16.4 Å². The van der Waals surface area contributed by atoms with Crippen LogP contribution in [-0.4, -0.2) is 13.1 Å². The molecule has 1 atom stereocenters. The molecule has 82 valence electrons. The predicted octanol–water partition coefficient (Wildman–Crippen LogP) is 2.28. The number of benzene rings is 1. The van der Waals surface area contributed by atoms with Crippen LogP contribution in [0.25, 0.3) is 0 Å². The summed E-state index contributed by atoms with van der Waals surface area (Å²) in [6.07, 6.45) is 0. The maximum absolute atomic E-state index is 13.3. The van der Waals surface area contributed by atoms with E-state index in [4.69, 9.17) is 0 Å². The summed E-state index contributed by atoms with van der Waals surface area (Å²) >= 11 is 4.02. The summed E-state index contributed by atoms with van der Waals surface area (Å²) in [5.74, 6) is -2.22. The first kappa shape index (κ1) is 12.0. The van der Waals surface area contributed by atoms with Gasteiger partial charge in [-0.05, 0) is 13.0 Å². The lowest BCUT2D eigenvalue weighted by Gasteiger charge is -2.21. The molecule has 0 radical (unpaired) electrons. The standard InChI is InChI=1S/C10H10F2O2S/c1-10(15,9(13)14-2)7-4-3-6(11)5-8(7)12/h3-5,15H,1-2H3. The molecule has 0 heterocycles. The normalized spacial score (nSPS) is 14.5. The molecule has 2 nitrogen and oxygen atoms in total. The highest BCUT2D eigenvalue weighted by Gasteiger charge is 2.34. The lowest BCUT2D eigenvalue weighted by molar-refractivity contribution is -0.143. The summed E-state index contributed by atoms with van der Waals surface area (Å²) in [4.78, 5) is 11.3. The molecule has 1 rings (SSSR count). The monoisotopic (exact) mass is 232 g/mol. The third kappa shape index (κ3) is 2.28. The first-order valence-electron chi connectivity index (χ1n) is 4.16. The minimum atomic E-state index is -1.42. The number of ether oxygens (including phenoxy) is 1. The van der Waals surface area contributed by atoms with E-state index >= 15 is 0 Å². The predicted molar refractivity (Wildman–Crippen MR) is 54.7 cm³/mol. The third-order valence-electron chi connectivity index (χ3n) is 2.04. The van der Waals surface area contributed by atoms with Crippen molar-refractivity contribution in [1.82, 2.24) is 0 Å². The van der Waals surface area contributed by atoms with Crippen LogP contribution in [0, 0.1) is 11.6 Å². The maximum Gasteiger partial charge on any atom is 0.326 e. The van der Waals surface area contributed by atoms with Crippen molar-refractivity contribution in [2.24, 2.45) is 0 Å². The van der Waals surface area contributed by atoms with Crippen LogP contribution in [0.1, 0.15) is 12.5 Å². The van der Waals surface area contributed by atoms with E-state index in [0.29, 0.717) is 6.07 Å². The van der Waals surface area contributed by atoms with Gasteiger partial charge in [-0.1, -0.05) is 6.07 Å². The number of hydrogen-bond donors (Lipinski definition) is 1. The Morgan fingerprint density at radius 3 is 2.53 bits per heavy atom. The number of thiol groups is 1. The summed E-state index contributed by atoms with van der Waals surface area (Å²) < 4.78 is 29.0. The Bertz CT molecular complexity index is 391. The van der Waals surface area contributed by atoms with Gasteiger partial charge in [-0.15, -0.1) is 0 Å². The fraction of sp³-hybridized carbons (Fsp3) is 0.300. The third-order valence-corrected chi connectivity index (χ3v) is 2.46. The van der Waals surface area contributed by atoms with E-state index in [2.05, 4.69) is 17.4 Å². The van der Waals surface area contributed by atoms with E-state index < -0.39 is 22.4 Å². The van der Waals surface area contributed by atoms with E-state index in [-0.39, 0.29) is 5.56 Å². The summed E-state index contributed by atoms with van der Waals surface area (Å²) in [5, 5.41) is 0. The lowest BCUT2D eigenvalue weighted by atomic mass is 9.99. The molecule has 1 unspecified atom stereocenters. The molecule has 0 aliphatic rings. The Balaban J connectivity index is 3.21. The SMILES string of the molecule is COC(=O)C(C)(S)c1ccc(F)cc1F. The first-order chi connectivity index (χ1) is 6.89. The van der Waals surface area contributed by atoms with Gasteiger partial charge in [0.2, 0.25) is 0 Å². The fourth-order valence-electron chi connectivity index (χ4n) is 1.19. The fourth-order valence-corrected chi connectivity index (χ4v) is 1.47. The molecule has 0 aromatic heterocycles. The second kappa shape index (κ2) is 4.18.